The van der Waals surface area contributed by atoms with E-state index < -0.39 is 0 Å². The molecule has 3 nitrogen and oxygen atoms in total. The Hall–Kier alpha value is -0.570. The zero-order valence-corrected chi connectivity index (χ0v) is 10.2. The van der Waals surface area contributed by atoms with Crippen molar-refractivity contribution in [2.45, 2.75) is 40.2 Å². The average molecular weight is 201 g/mol. The highest BCUT2D eigenvalue weighted by Crippen LogP contribution is 2.13. The maximum Gasteiger partial charge on any atom is 0.310 e. The highest BCUT2D eigenvalue weighted by Gasteiger charge is 2.24. The Morgan fingerprint density at radius 3 is 2.14 bits per heavy atom. The van der Waals surface area contributed by atoms with Gasteiger partial charge in [-0.1, -0.05) is 13.8 Å². The standard InChI is InChI=1S/C11H23NO2/c1-8(2)9(10(13)14-6)7-12-11(3,4)5/h8-9,12H,7H2,1-6H3. The van der Waals surface area contributed by atoms with Crippen LogP contribution in [0.2, 0.25) is 0 Å². The molecule has 0 aliphatic carbocycles. The third-order valence-corrected chi connectivity index (χ3v) is 2.16. The number of hydrogen-bond acceptors (Lipinski definition) is 3. The number of methoxy groups -OCH3 is 1. The maximum absolute atomic E-state index is 11.4. The lowest BCUT2D eigenvalue weighted by molar-refractivity contribution is -0.146. The summed E-state index contributed by atoms with van der Waals surface area (Å²) in [5.74, 6) is 0.119. The van der Waals surface area contributed by atoms with Gasteiger partial charge in [0.25, 0.3) is 0 Å². The Bertz CT molecular complexity index is 182. The second-order valence-electron chi connectivity index (χ2n) is 5.00. The summed E-state index contributed by atoms with van der Waals surface area (Å²) >= 11 is 0. The Kier molecular flexibility index (Phi) is 5.13. The first-order valence-electron chi connectivity index (χ1n) is 5.11. The van der Waals surface area contributed by atoms with Crippen LogP contribution in [0.3, 0.4) is 0 Å². The lowest BCUT2D eigenvalue weighted by Crippen LogP contribution is -2.42. The van der Waals surface area contributed by atoms with Crippen LogP contribution in [-0.4, -0.2) is 25.2 Å². The molecule has 1 unspecified atom stereocenters. The topological polar surface area (TPSA) is 38.3 Å². The zero-order valence-electron chi connectivity index (χ0n) is 10.2. The number of nitrogens with one attached hydrogen (secondary N) is 1. The lowest BCUT2D eigenvalue weighted by atomic mass is 9.95. The molecular formula is C11H23NO2. The van der Waals surface area contributed by atoms with Crippen molar-refractivity contribution in [1.29, 1.82) is 0 Å². The Morgan fingerprint density at radius 2 is 1.86 bits per heavy atom. The minimum absolute atomic E-state index is 0.0428. The molecule has 0 aromatic rings. The lowest BCUT2D eigenvalue weighted by Gasteiger charge is -2.25. The molecule has 0 spiro atoms. The molecule has 0 fully saturated rings. The number of esters is 1. The molecule has 0 radical (unpaired) electrons. The van der Waals surface area contributed by atoms with Gasteiger partial charge in [0.15, 0.2) is 0 Å². The summed E-state index contributed by atoms with van der Waals surface area (Å²) in [6, 6.07) is 0. The molecule has 0 saturated carbocycles. The molecule has 3 heteroatoms. The van der Waals surface area contributed by atoms with Crippen LogP contribution in [-0.2, 0) is 9.53 Å². The van der Waals surface area contributed by atoms with Gasteiger partial charge in [-0.3, -0.25) is 4.79 Å². The molecule has 0 amide bonds. The SMILES string of the molecule is COC(=O)C(CNC(C)(C)C)C(C)C. The van der Waals surface area contributed by atoms with Crippen LogP contribution in [0.4, 0.5) is 0 Å². The first-order valence-corrected chi connectivity index (χ1v) is 5.11. The highest BCUT2D eigenvalue weighted by atomic mass is 16.5. The van der Waals surface area contributed by atoms with Gasteiger partial charge < -0.3 is 10.1 Å². The van der Waals surface area contributed by atoms with Gasteiger partial charge in [0.1, 0.15) is 0 Å². The highest BCUT2D eigenvalue weighted by molar-refractivity contribution is 5.72. The van der Waals surface area contributed by atoms with Gasteiger partial charge in [-0.25, -0.2) is 0 Å². The van der Waals surface area contributed by atoms with E-state index in [0.717, 1.165) is 0 Å². The van der Waals surface area contributed by atoms with Crippen LogP contribution >= 0.6 is 0 Å². The molecule has 0 bridgehead atoms. The molecule has 0 aliphatic heterocycles. The van der Waals surface area contributed by atoms with Crippen LogP contribution < -0.4 is 5.32 Å². The fourth-order valence-corrected chi connectivity index (χ4v) is 1.16. The minimum atomic E-state index is -0.128. The van der Waals surface area contributed by atoms with Gasteiger partial charge in [0.2, 0.25) is 0 Å². The third kappa shape index (κ3) is 5.22. The summed E-state index contributed by atoms with van der Waals surface area (Å²) in [7, 11) is 1.44. The molecule has 0 rings (SSSR count). The van der Waals surface area contributed by atoms with E-state index in [9.17, 15) is 4.79 Å². The van der Waals surface area contributed by atoms with E-state index in [1.807, 2.05) is 13.8 Å². The first kappa shape index (κ1) is 13.4. The average Bonchev–Trinajstić information content (AvgIpc) is 2.01. The molecule has 0 aliphatic rings. The fourth-order valence-electron chi connectivity index (χ4n) is 1.16. The maximum atomic E-state index is 11.4. The van der Waals surface area contributed by atoms with E-state index in [-0.39, 0.29) is 17.4 Å². The number of ether oxygens (including phenoxy) is 1. The second kappa shape index (κ2) is 5.35. The van der Waals surface area contributed by atoms with Gasteiger partial charge in [-0.2, -0.15) is 0 Å². The molecule has 0 aromatic heterocycles. The van der Waals surface area contributed by atoms with E-state index in [2.05, 4.69) is 26.1 Å². The van der Waals surface area contributed by atoms with Crippen molar-refractivity contribution in [3.63, 3.8) is 0 Å². The quantitative estimate of drug-likeness (QED) is 0.705. The summed E-state index contributed by atoms with van der Waals surface area (Å²) in [5.41, 5.74) is 0.0428. The summed E-state index contributed by atoms with van der Waals surface area (Å²) in [6.45, 7) is 11.0. The monoisotopic (exact) mass is 201 g/mol. The normalized spacial score (nSPS) is 14.2. The predicted octanol–water partition coefficient (Wildman–Crippen LogP) is 1.82. The summed E-state index contributed by atoms with van der Waals surface area (Å²) in [5, 5.41) is 3.32. The molecule has 14 heavy (non-hydrogen) atoms. The number of carbonyl (C=O) groups is 1. The molecule has 1 N–H and O–H groups in total. The van der Waals surface area contributed by atoms with Gasteiger partial charge >= 0.3 is 5.97 Å². The van der Waals surface area contributed by atoms with Crippen LogP contribution in [0, 0.1) is 11.8 Å². The fraction of sp³-hybridized carbons (Fsp3) is 0.909. The second-order valence-corrected chi connectivity index (χ2v) is 5.00. The largest absolute Gasteiger partial charge is 0.469 e. The molecule has 1 atom stereocenters. The van der Waals surface area contributed by atoms with E-state index in [1.54, 1.807) is 0 Å². The predicted molar refractivity (Wildman–Crippen MR) is 58.1 cm³/mol. The zero-order chi connectivity index (χ0) is 11.4. The van der Waals surface area contributed by atoms with Crippen molar-refractivity contribution >= 4 is 5.97 Å². The molecule has 0 heterocycles. The van der Waals surface area contributed by atoms with Crippen LogP contribution in [0.15, 0.2) is 0 Å². The van der Waals surface area contributed by atoms with Gasteiger partial charge in [-0.15, -0.1) is 0 Å². The minimum Gasteiger partial charge on any atom is -0.469 e. The Balaban J connectivity index is 4.18. The van der Waals surface area contributed by atoms with E-state index in [0.29, 0.717) is 12.5 Å². The van der Waals surface area contributed by atoms with Crippen molar-refractivity contribution in [2.24, 2.45) is 11.8 Å². The molecule has 0 saturated heterocycles. The van der Waals surface area contributed by atoms with Crippen molar-refractivity contribution < 1.29 is 9.53 Å². The molecular weight excluding hydrogens is 178 g/mol. The van der Waals surface area contributed by atoms with Crippen LogP contribution in [0.1, 0.15) is 34.6 Å². The van der Waals surface area contributed by atoms with E-state index in [4.69, 9.17) is 4.74 Å². The van der Waals surface area contributed by atoms with Gasteiger partial charge in [-0.05, 0) is 26.7 Å². The van der Waals surface area contributed by atoms with Crippen molar-refractivity contribution in [3.8, 4) is 0 Å². The Labute approximate surface area is 87.2 Å². The first-order chi connectivity index (χ1) is 6.28. The smallest absolute Gasteiger partial charge is 0.310 e. The van der Waals surface area contributed by atoms with E-state index >= 15 is 0 Å². The van der Waals surface area contributed by atoms with Crippen LogP contribution in [0.25, 0.3) is 0 Å². The van der Waals surface area contributed by atoms with Gasteiger partial charge in [0, 0.05) is 12.1 Å². The molecule has 84 valence electrons. The molecule has 0 aromatic carbocycles. The van der Waals surface area contributed by atoms with Crippen LogP contribution in [0.5, 0.6) is 0 Å². The summed E-state index contributed by atoms with van der Waals surface area (Å²) < 4.78 is 4.76. The summed E-state index contributed by atoms with van der Waals surface area (Å²) in [4.78, 5) is 11.4. The van der Waals surface area contributed by atoms with E-state index in [1.165, 1.54) is 7.11 Å². The Morgan fingerprint density at radius 1 is 1.36 bits per heavy atom. The number of hydrogen-bond donors (Lipinski definition) is 1. The summed E-state index contributed by atoms with van der Waals surface area (Å²) in [6.07, 6.45) is 0. The number of rotatable bonds is 4. The van der Waals surface area contributed by atoms with Crippen molar-refractivity contribution in [3.05, 3.63) is 0 Å². The van der Waals surface area contributed by atoms with Crippen molar-refractivity contribution in [1.82, 2.24) is 5.32 Å². The van der Waals surface area contributed by atoms with Gasteiger partial charge in [0.05, 0.1) is 13.0 Å². The third-order valence-electron chi connectivity index (χ3n) is 2.16. The van der Waals surface area contributed by atoms with Crippen molar-refractivity contribution in [2.75, 3.05) is 13.7 Å². The number of carbonyl (C=O) groups excluding carboxylic acids is 1.